The van der Waals surface area contributed by atoms with E-state index in [1.807, 2.05) is 0 Å². The number of hydrogen-bond acceptors (Lipinski definition) is 1. The second kappa shape index (κ2) is 3.58. The van der Waals surface area contributed by atoms with Gasteiger partial charge in [0.1, 0.15) is 5.82 Å². The van der Waals surface area contributed by atoms with Gasteiger partial charge in [0.2, 0.25) is 0 Å². The minimum Gasteiger partial charge on any atom is -0.349 e. The van der Waals surface area contributed by atoms with Gasteiger partial charge in [-0.15, -0.1) is 0 Å². The summed E-state index contributed by atoms with van der Waals surface area (Å²) in [5.74, 6) is -0.743. The van der Waals surface area contributed by atoms with E-state index in [9.17, 15) is 9.18 Å². The lowest BCUT2D eigenvalue weighted by Gasteiger charge is -2.04. The van der Waals surface area contributed by atoms with Gasteiger partial charge in [0, 0.05) is 6.04 Å². The number of rotatable bonds is 2. The van der Waals surface area contributed by atoms with E-state index in [1.54, 1.807) is 0 Å². The van der Waals surface area contributed by atoms with Gasteiger partial charge in [0.25, 0.3) is 5.91 Å². The maximum absolute atomic E-state index is 12.8. The SMILES string of the molecule is O=C(NC1CC1)c1cc(F)ccc1Cl. The first-order chi connectivity index (χ1) is 6.66. The molecule has 74 valence electrons. The lowest BCUT2D eigenvalue weighted by molar-refractivity contribution is 0.0951. The smallest absolute Gasteiger partial charge is 0.253 e. The van der Waals surface area contributed by atoms with Crippen molar-refractivity contribution < 1.29 is 9.18 Å². The van der Waals surface area contributed by atoms with Crippen molar-refractivity contribution in [2.75, 3.05) is 0 Å². The molecule has 14 heavy (non-hydrogen) atoms. The lowest BCUT2D eigenvalue weighted by atomic mass is 10.2. The second-order valence-electron chi connectivity index (χ2n) is 3.37. The van der Waals surface area contributed by atoms with E-state index < -0.39 is 5.82 Å². The molecule has 2 nitrogen and oxygen atoms in total. The molecule has 0 radical (unpaired) electrons. The summed E-state index contributed by atoms with van der Waals surface area (Å²) in [7, 11) is 0. The highest BCUT2D eigenvalue weighted by atomic mass is 35.5. The van der Waals surface area contributed by atoms with Crippen LogP contribution in [0.2, 0.25) is 5.02 Å². The fourth-order valence-electron chi connectivity index (χ4n) is 1.16. The maximum atomic E-state index is 12.8. The van der Waals surface area contributed by atoms with Gasteiger partial charge in [-0.25, -0.2) is 4.39 Å². The van der Waals surface area contributed by atoms with E-state index in [-0.39, 0.29) is 22.5 Å². The third-order valence-electron chi connectivity index (χ3n) is 2.09. The molecule has 1 fully saturated rings. The van der Waals surface area contributed by atoms with Crippen LogP contribution in [0.1, 0.15) is 23.2 Å². The van der Waals surface area contributed by atoms with Crippen LogP contribution in [-0.2, 0) is 0 Å². The first kappa shape index (κ1) is 9.46. The monoisotopic (exact) mass is 213 g/mol. The largest absolute Gasteiger partial charge is 0.349 e. The Kier molecular flexibility index (Phi) is 2.42. The second-order valence-corrected chi connectivity index (χ2v) is 3.78. The van der Waals surface area contributed by atoms with Gasteiger partial charge in [-0.2, -0.15) is 0 Å². The highest BCUT2D eigenvalue weighted by molar-refractivity contribution is 6.33. The van der Waals surface area contributed by atoms with E-state index >= 15 is 0 Å². The molecule has 0 bridgehead atoms. The first-order valence-electron chi connectivity index (χ1n) is 4.43. The molecule has 1 aromatic carbocycles. The molecule has 0 aliphatic heterocycles. The van der Waals surface area contributed by atoms with E-state index in [4.69, 9.17) is 11.6 Å². The van der Waals surface area contributed by atoms with Crippen LogP contribution < -0.4 is 5.32 Å². The molecule has 1 aromatic rings. The Bertz CT molecular complexity index is 376. The van der Waals surface area contributed by atoms with Crippen molar-refractivity contribution in [2.45, 2.75) is 18.9 Å². The molecule has 0 spiro atoms. The summed E-state index contributed by atoms with van der Waals surface area (Å²) >= 11 is 5.77. The zero-order valence-electron chi connectivity index (χ0n) is 7.39. The molecular formula is C10H9ClFNO. The van der Waals surface area contributed by atoms with Crippen LogP contribution in [0.3, 0.4) is 0 Å². The molecule has 4 heteroatoms. The van der Waals surface area contributed by atoms with Crippen LogP contribution in [0.15, 0.2) is 18.2 Å². The van der Waals surface area contributed by atoms with E-state index in [0.29, 0.717) is 0 Å². The van der Waals surface area contributed by atoms with Crippen molar-refractivity contribution in [1.29, 1.82) is 0 Å². The molecule has 0 heterocycles. The number of carbonyl (C=O) groups excluding carboxylic acids is 1. The van der Waals surface area contributed by atoms with Crippen LogP contribution in [0.4, 0.5) is 4.39 Å². The zero-order chi connectivity index (χ0) is 10.1. The Hall–Kier alpha value is -1.09. The number of amides is 1. The number of halogens is 2. The van der Waals surface area contributed by atoms with Gasteiger partial charge in [0.15, 0.2) is 0 Å². The molecule has 1 saturated carbocycles. The standard InChI is InChI=1S/C10H9ClFNO/c11-9-4-1-6(12)5-8(9)10(14)13-7-2-3-7/h1,4-5,7H,2-3H2,(H,13,14). The van der Waals surface area contributed by atoms with Gasteiger partial charge < -0.3 is 5.32 Å². The van der Waals surface area contributed by atoms with Gasteiger partial charge in [-0.3, -0.25) is 4.79 Å². The molecular weight excluding hydrogens is 205 g/mol. The quantitative estimate of drug-likeness (QED) is 0.803. The summed E-state index contributed by atoms with van der Waals surface area (Å²) in [6.45, 7) is 0. The van der Waals surface area contributed by atoms with Crippen LogP contribution >= 0.6 is 11.6 Å². The average molecular weight is 214 g/mol. The predicted molar refractivity (Wildman–Crippen MR) is 51.9 cm³/mol. The van der Waals surface area contributed by atoms with Crippen molar-refractivity contribution in [3.05, 3.63) is 34.6 Å². The summed E-state index contributed by atoms with van der Waals surface area (Å²) in [6, 6.07) is 4.02. The molecule has 1 amide bonds. The van der Waals surface area contributed by atoms with Crippen molar-refractivity contribution >= 4 is 17.5 Å². The third kappa shape index (κ3) is 2.04. The normalized spacial score (nSPS) is 15.3. The molecule has 1 N–H and O–H groups in total. The van der Waals surface area contributed by atoms with Crippen molar-refractivity contribution in [3.8, 4) is 0 Å². The minimum atomic E-state index is -0.449. The van der Waals surface area contributed by atoms with Crippen molar-refractivity contribution in [3.63, 3.8) is 0 Å². The van der Waals surface area contributed by atoms with Crippen LogP contribution in [0.5, 0.6) is 0 Å². The molecule has 0 aromatic heterocycles. The molecule has 2 rings (SSSR count). The Morgan fingerprint density at radius 3 is 2.86 bits per heavy atom. The fraction of sp³-hybridized carbons (Fsp3) is 0.300. The Morgan fingerprint density at radius 1 is 1.50 bits per heavy atom. The summed E-state index contributed by atoms with van der Waals surface area (Å²) < 4.78 is 12.8. The number of hydrogen-bond donors (Lipinski definition) is 1. The fourth-order valence-corrected chi connectivity index (χ4v) is 1.37. The van der Waals surface area contributed by atoms with E-state index in [1.165, 1.54) is 12.1 Å². The summed E-state index contributed by atoms with van der Waals surface area (Å²) in [5.41, 5.74) is 0.207. The predicted octanol–water partition coefficient (Wildman–Crippen LogP) is 2.37. The van der Waals surface area contributed by atoms with Gasteiger partial charge in [-0.05, 0) is 31.0 Å². The Morgan fingerprint density at radius 2 is 2.21 bits per heavy atom. The highest BCUT2D eigenvalue weighted by Crippen LogP contribution is 2.22. The molecule has 1 aliphatic rings. The molecule has 0 atom stereocenters. The van der Waals surface area contributed by atoms with Crippen molar-refractivity contribution in [1.82, 2.24) is 5.32 Å². The third-order valence-corrected chi connectivity index (χ3v) is 2.42. The molecule has 0 unspecified atom stereocenters. The number of nitrogens with one attached hydrogen (secondary N) is 1. The van der Waals surface area contributed by atoms with Crippen molar-refractivity contribution in [2.24, 2.45) is 0 Å². The number of benzene rings is 1. The van der Waals surface area contributed by atoms with Crippen LogP contribution in [0, 0.1) is 5.82 Å². The number of carbonyl (C=O) groups is 1. The van der Waals surface area contributed by atoms with Crippen LogP contribution in [-0.4, -0.2) is 11.9 Å². The van der Waals surface area contributed by atoms with Crippen LogP contribution in [0.25, 0.3) is 0 Å². The summed E-state index contributed by atoms with van der Waals surface area (Å²) in [6.07, 6.45) is 2.00. The lowest BCUT2D eigenvalue weighted by Crippen LogP contribution is -2.25. The summed E-state index contributed by atoms with van der Waals surface area (Å²) in [5, 5.41) is 3.03. The van der Waals surface area contributed by atoms with Gasteiger partial charge >= 0.3 is 0 Å². The topological polar surface area (TPSA) is 29.1 Å². The highest BCUT2D eigenvalue weighted by Gasteiger charge is 2.24. The maximum Gasteiger partial charge on any atom is 0.253 e. The molecule has 0 saturated heterocycles. The first-order valence-corrected chi connectivity index (χ1v) is 4.80. The Labute approximate surface area is 86.1 Å². The van der Waals surface area contributed by atoms with E-state index in [2.05, 4.69) is 5.32 Å². The minimum absolute atomic E-state index is 0.207. The summed E-state index contributed by atoms with van der Waals surface area (Å²) in [4.78, 5) is 11.5. The Balaban J connectivity index is 2.20. The molecule has 1 aliphatic carbocycles. The van der Waals surface area contributed by atoms with E-state index in [0.717, 1.165) is 18.9 Å². The average Bonchev–Trinajstić information content (AvgIpc) is 2.93. The van der Waals surface area contributed by atoms with Gasteiger partial charge in [-0.1, -0.05) is 11.6 Å². The van der Waals surface area contributed by atoms with Gasteiger partial charge in [0.05, 0.1) is 10.6 Å². The zero-order valence-corrected chi connectivity index (χ0v) is 8.14.